The van der Waals surface area contributed by atoms with Crippen LogP contribution in [0.5, 0.6) is 0 Å². The highest BCUT2D eigenvalue weighted by Gasteiger charge is 2.09. The van der Waals surface area contributed by atoms with E-state index in [9.17, 15) is 0 Å². The van der Waals surface area contributed by atoms with E-state index >= 15 is 0 Å². The monoisotopic (exact) mass is 286 g/mol. The summed E-state index contributed by atoms with van der Waals surface area (Å²) in [5.41, 5.74) is 0.960. The molecule has 0 bridgehead atoms. The van der Waals surface area contributed by atoms with Gasteiger partial charge in [0.05, 0.1) is 17.6 Å². The van der Waals surface area contributed by atoms with E-state index < -0.39 is 0 Å². The topological polar surface area (TPSA) is 61.6 Å². The molecule has 0 saturated heterocycles. The summed E-state index contributed by atoms with van der Waals surface area (Å²) in [4.78, 5) is 8.59. The molecule has 1 aromatic heterocycles. The molecule has 4 nitrogen and oxygen atoms in total. The SMILES string of the molecule is CC(C)NC(C#N)CCSc1ncnc2ccccc12. The Balaban J connectivity index is 1.98. The Bertz CT molecular complexity index is 601. The van der Waals surface area contributed by atoms with Gasteiger partial charge in [-0.05, 0) is 26.3 Å². The predicted molar refractivity (Wildman–Crippen MR) is 82.6 cm³/mol. The zero-order valence-electron chi connectivity index (χ0n) is 11.7. The third-order valence-corrected chi connectivity index (χ3v) is 3.88. The fourth-order valence-electron chi connectivity index (χ4n) is 1.96. The van der Waals surface area contributed by atoms with E-state index in [4.69, 9.17) is 5.26 Å². The van der Waals surface area contributed by atoms with E-state index in [2.05, 4.69) is 35.2 Å². The lowest BCUT2D eigenvalue weighted by atomic mass is 10.2. The number of hydrogen-bond acceptors (Lipinski definition) is 5. The van der Waals surface area contributed by atoms with Crippen molar-refractivity contribution in [3.05, 3.63) is 30.6 Å². The van der Waals surface area contributed by atoms with Crippen molar-refractivity contribution >= 4 is 22.7 Å². The lowest BCUT2D eigenvalue weighted by Crippen LogP contribution is -2.33. The largest absolute Gasteiger partial charge is 0.300 e. The first kappa shape index (κ1) is 14.8. The maximum Gasteiger partial charge on any atom is 0.117 e. The van der Waals surface area contributed by atoms with Crippen molar-refractivity contribution in [2.75, 3.05) is 5.75 Å². The molecule has 5 heteroatoms. The summed E-state index contributed by atoms with van der Waals surface area (Å²) in [5, 5.41) is 14.4. The van der Waals surface area contributed by atoms with Crippen LogP contribution in [0.4, 0.5) is 0 Å². The van der Waals surface area contributed by atoms with Gasteiger partial charge in [0.25, 0.3) is 0 Å². The highest BCUT2D eigenvalue weighted by atomic mass is 32.2. The fourth-order valence-corrected chi connectivity index (χ4v) is 2.95. The Morgan fingerprint density at radius 3 is 2.85 bits per heavy atom. The van der Waals surface area contributed by atoms with Crippen molar-refractivity contribution in [3.63, 3.8) is 0 Å². The standard InChI is InChI=1S/C15H18N4S/c1-11(2)19-12(9-16)7-8-20-15-13-5-3-4-6-14(13)17-10-18-15/h3-6,10-12,19H,7-8H2,1-2H3. The summed E-state index contributed by atoms with van der Waals surface area (Å²) in [7, 11) is 0. The molecule has 0 saturated carbocycles. The lowest BCUT2D eigenvalue weighted by Gasteiger charge is -2.14. The summed E-state index contributed by atoms with van der Waals surface area (Å²) in [5.74, 6) is 0.860. The Morgan fingerprint density at radius 2 is 2.10 bits per heavy atom. The zero-order valence-corrected chi connectivity index (χ0v) is 12.5. The Labute approximate surface area is 123 Å². The van der Waals surface area contributed by atoms with Crippen molar-refractivity contribution in [2.45, 2.75) is 37.4 Å². The molecule has 1 heterocycles. The minimum atomic E-state index is -0.101. The molecule has 0 amide bonds. The number of thioether (sulfide) groups is 1. The maximum absolute atomic E-state index is 9.10. The van der Waals surface area contributed by atoms with Gasteiger partial charge in [0, 0.05) is 17.2 Å². The second kappa shape index (κ2) is 7.22. The van der Waals surface area contributed by atoms with Crippen molar-refractivity contribution in [3.8, 4) is 6.07 Å². The number of benzene rings is 1. The first-order chi connectivity index (χ1) is 9.70. The van der Waals surface area contributed by atoms with Crippen molar-refractivity contribution in [2.24, 2.45) is 0 Å². The first-order valence-electron chi connectivity index (χ1n) is 6.69. The summed E-state index contributed by atoms with van der Waals surface area (Å²) in [6, 6.07) is 10.5. The minimum absolute atomic E-state index is 0.101. The van der Waals surface area contributed by atoms with E-state index in [1.807, 2.05) is 24.3 Å². The zero-order chi connectivity index (χ0) is 14.4. The Kier molecular flexibility index (Phi) is 5.33. The average molecular weight is 286 g/mol. The molecule has 0 radical (unpaired) electrons. The van der Waals surface area contributed by atoms with E-state index in [0.29, 0.717) is 6.04 Å². The molecule has 0 fully saturated rings. The normalized spacial score (nSPS) is 12.5. The Hall–Kier alpha value is -1.64. The van der Waals surface area contributed by atoms with Crippen LogP contribution in [0.1, 0.15) is 20.3 Å². The van der Waals surface area contributed by atoms with Crippen molar-refractivity contribution in [1.82, 2.24) is 15.3 Å². The van der Waals surface area contributed by atoms with Crippen LogP contribution in [0, 0.1) is 11.3 Å². The second-order valence-corrected chi connectivity index (χ2v) is 5.92. The third-order valence-electron chi connectivity index (χ3n) is 2.84. The van der Waals surface area contributed by atoms with Crippen LogP contribution in [0.25, 0.3) is 10.9 Å². The molecule has 0 aliphatic rings. The van der Waals surface area contributed by atoms with Gasteiger partial charge >= 0.3 is 0 Å². The molecule has 2 rings (SSSR count). The number of nitrogens with one attached hydrogen (secondary N) is 1. The smallest absolute Gasteiger partial charge is 0.117 e. The first-order valence-corrected chi connectivity index (χ1v) is 7.67. The maximum atomic E-state index is 9.10. The average Bonchev–Trinajstić information content (AvgIpc) is 2.46. The molecule has 0 aliphatic heterocycles. The van der Waals surface area contributed by atoms with Crippen LogP contribution in [0.2, 0.25) is 0 Å². The van der Waals surface area contributed by atoms with Crippen molar-refractivity contribution < 1.29 is 0 Å². The van der Waals surface area contributed by atoms with Gasteiger partial charge < -0.3 is 0 Å². The van der Waals surface area contributed by atoms with Gasteiger partial charge in [-0.2, -0.15) is 5.26 Å². The summed E-state index contributed by atoms with van der Waals surface area (Å²) in [6.45, 7) is 4.10. The molecular formula is C15H18N4S. The van der Waals surface area contributed by atoms with Crippen LogP contribution in [-0.4, -0.2) is 27.8 Å². The highest BCUT2D eigenvalue weighted by Crippen LogP contribution is 2.24. The number of nitriles is 1. The molecule has 1 unspecified atom stereocenters. The summed E-state index contributed by atoms with van der Waals surface area (Å²) >= 11 is 1.68. The third kappa shape index (κ3) is 3.92. The van der Waals surface area contributed by atoms with E-state index in [1.54, 1.807) is 18.1 Å². The van der Waals surface area contributed by atoms with Crippen LogP contribution in [0.15, 0.2) is 35.6 Å². The quantitative estimate of drug-likeness (QED) is 0.653. The molecule has 2 aromatic rings. The van der Waals surface area contributed by atoms with Gasteiger partial charge in [0.2, 0.25) is 0 Å². The summed E-state index contributed by atoms with van der Waals surface area (Å²) < 4.78 is 0. The van der Waals surface area contributed by atoms with Crippen molar-refractivity contribution in [1.29, 1.82) is 5.26 Å². The lowest BCUT2D eigenvalue weighted by molar-refractivity contribution is 0.522. The van der Waals surface area contributed by atoms with E-state index in [1.165, 1.54) is 0 Å². The molecule has 0 aliphatic carbocycles. The number of rotatable bonds is 6. The number of hydrogen-bond donors (Lipinski definition) is 1. The minimum Gasteiger partial charge on any atom is -0.300 e. The molecule has 1 aromatic carbocycles. The van der Waals surface area contributed by atoms with Gasteiger partial charge in [-0.1, -0.05) is 18.2 Å². The van der Waals surface area contributed by atoms with E-state index in [-0.39, 0.29) is 6.04 Å². The molecule has 104 valence electrons. The number of para-hydroxylation sites is 1. The highest BCUT2D eigenvalue weighted by molar-refractivity contribution is 7.99. The summed E-state index contributed by atoms with van der Waals surface area (Å²) in [6.07, 6.45) is 2.40. The fraction of sp³-hybridized carbons (Fsp3) is 0.400. The number of nitrogens with zero attached hydrogens (tertiary/aromatic N) is 3. The van der Waals surface area contributed by atoms with Gasteiger partial charge in [-0.25, -0.2) is 9.97 Å². The van der Waals surface area contributed by atoms with Crippen LogP contribution in [0.3, 0.4) is 0 Å². The van der Waals surface area contributed by atoms with E-state index in [0.717, 1.165) is 28.1 Å². The van der Waals surface area contributed by atoms with Crippen LogP contribution >= 0.6 is 11.8 Å². The van der Waals surface area contributed by atoms with Crippen LogP contribution in [-0.2, 0) is 0 Å². The molecular weight excluding hydrogens is 268 g/mol. The molecule has 0 spiro atoms. The predicted octanol–water partition coefficient (Wildman–Crippen LogP) is 3.00. The van der Waals surface area contributed by atoms with Gasteiger partial charge in [0.1, 0.15) is 11.4 Å². The number of fused-ring (bicyclic) bond motifs is 1. The molecule has 1 N–H and O–H groups in total. The van der Waals surface area contributed by atoms with Gasteiger partial charge in [0.15, 0.2) is 0 Å². The molecule has 1 atom stereocenters. The van der Waals surface area contributed by atoms with Crippen LogP contribution < -0.4 is 5.32 Å². The van der Waals surface area contributed by atoms with Gasteiger partial charge in [-0.3, -0.25) is 5.32 Å². The molecule has 20 heavy (non-hydrogen) atoms. The second-order valence-electron chi connectivity index (χ2n) is 4.84. The number of aromatic nitrogens is 2. The van der Waals surface area contributed by atoms with Gasteiger partial charge in [-0.15, -0.1) is 11.8 Å². The Morgan fingerprint density at radius 1 is 1.30 bits per heavy atom.